The zero-order valence-electron chi connectivity index (χ0n) is 25.0. The van der Waals surface area contributed by atoms with E-state index in [0.717, 1.165) is 55.0 Å². The number of fused-ring (bicyclic) bond motifs is 1. The van der Waals surface area contributed by atoms with E-state index in [1.807, 2.05) is 43.3 Å². The number of aromatic nitrogens is 1. The van der Waals surface area contributed by atoms with Crippen molar-refractivity contribution in [3.8, 4) is 0 Å². The first-order valence-electron chi connectivity index (χ1n) is 14.1. The summed E-state index contributed by atoms with van der Waals surface area (Å²) in [6.07, 6.45) is 11.3. The number of aryl methyl sites for hydroxylation is 3. The molecule has 218 valence electrons. The molecule has 2 aromatic carbocycles. The lowest BCUT2D eigenvalue weighted by molar-refractivity contribution is -0.0980. The van der Waals surface area contributed by atoms with Crippen LogP contribution in [0.2, 0.25) is 0 Å². The molecule has 1 aliphatic rings. The molecule has 0 saturated carbocycles. The number of allylic oxidation sites excluding steroid dienone is 4. The monoisotopic (exact) mass is 556 g/mol. The number of rotatable bonds is 10. The van der Waals surface area contributed by atoms with Crippen LogP contribution in [0.1, 0.15) is 64.8 Å². The number of hydrogen-bond acceptors (Lipinski definition) is 5. The van der Waals surface area contributed by atoms with Crippen molar-refractivity contribution in [2.24, 2.45) is 5.73 Å². The molecule has 1 aromatic heterocycles. The van der Waals surface area contributed by atoms with E-state index in [1.165, 1.54) is 33.4 Å². The van der Waals surface area contributed by atoms with Gasteiger partial charge in [-0.15, -0.1) is 0 Å². The summed E-state index contributed by atoms with van der Waals surface area (Å²) in [5.41, 5.74) is 16.5. The molecule has 0 aliphatic heterocycles. The minimum atomic E-state index is -0.538. The molecule has 5 nitrogen and oxygen atoms in total. The highest BCUT2D eigenvalue weighted by Crippen LogP contribution is 2.32. The Kier molecular flexibility index (Phi) is 14.3. The lowest BCUT2D eigenvalue weighted by Gasteiger charge is -2.16. The maximum Gasteiger partial charge on any atom is 0.126 e. The highest BCUT2D eigenvalue weighted by Gasteiger charge is 2.14. The van der Waals surface area contributed by atoms with Crippen LogP contribution >= 0.6 is 0 Å². The van der Waals surface area contributed by atoms with Crippen molar-refractivity contribution in [1.82, 2.24) is 10.3 Å². The lowest BCUT2D eigenvalue weighted by Crippen LogP contribution is -2.12. The lowest BCUT2D eigenvalue weighted by atomic mass is 9.89. The minimum Gasteiger partial charge on any atom is -0.389 e. The summed E-state index contributed by atoms with van der Waals surface area (Å²) >= 11 is 0. The summed E-state index contributed by atoms with van der Waals surface area (Å²) in [7, 11) is 0. The largest absolute Gasteiger partial charge is 0.389 e. The second kappa shape index (κ2) is 17.6. The van der Waals surface area contributed by atoms with E-state index in [9.17, 15) is 4.39 Å². The van der Waals surface area contributed by atoms with Gasteiger partial charge in [0.15, 0.2) is 0 Å². The maximum absolute atomic E-state index is 12.7. The third kappa shape index (κ3) is 10.5. The Hall–Kier alpha value is -4.03. The first-order chi connectivity index (χ1) is 19.8. The molecule has 1 heterocycles. The van der Waals surface area contributed by atoms with Crippen molar-refractivity contribution >= 4 is 18.2 Å². The number of halogens is 1. The summed E-state index contributed by atoms with van der Waals surface area (Å²) in [6.45, 7) is 15.8. The summed E-state index contributed by atoms with van der Waals surface area (Å²) in [5, 5.41) is 6.52. The Morgan fingerprint density at radius 2 is 1.80 bits per heavy atom. The van der Waals surface area contributed by atoms with E-state index >= 15 is 0 Å². The highest BCUT2D eigenvalue weighted by atomic mass is 19.1. The van der Waals surface area contributed by atoms with Gasteiger partial charge < -0.3 is 21.2 Å². The van der Waals surface area contributed by atoms with Gasteiger partial charge in [0, 0.05) is 25.0 Å². The van der Waals surface area contributed by atoms with Crippen LogP contribution in [0, 0.1) is 20.8 Å². The van der Waals surface area contributed by atoms with Crippen molar-refractivity contribution in [1.29, 1.82) is 0 Å². The molecule has 1 atom stereocenters. The maximum atomic E-state index is 12.7. The molecule has 0 fully saturated rings. The molecule has 3 aromatic rings. The number of carbonyl (C=O) groups excluding carboxylic acids is 1. The van der Waals surface area contributed by atoms with Gasteiger partial charge in [-0.05, 0) is 98.0 Å². The fourth-order valence-corrected chi connectivity index (χ4v) is 4.69. The summed E-state index contributed by atoms with van der Waals surface area (Å²) in [4.78, 5) is 12.2. The number of anilines is 1. The molecule has 4 rings (SSSR count). The first-order valence-corrected chi connectivity index (χ1v) is 14.1. The van der Waals surface area contributed by atoms with Crippen LogP contribution in [0.5, 0.6) is 0 Å². The standard InChI is InChI=1S/C21H22FN.C13H21N3.CH2O/c1-14-11-15(2)18-5-3-4-6-19(20(18)12-14)16-7-9-17(10-8-16)21(23)13-22;1-4-14-12(3)6-5-8-15-13-10-11(2)7-9-16-13;1-2/h3-4,6-12,21H,5,13,23H2,1-2H3;7,9-10,14H,3-6,8H2,1-2H3,(H,15,16);1H2. The molecule has 1 unspecified atom stereocenters. The van der Waals surface area contributed by atoms with Crippen molar-refractivity contribution < 1.29 is 9.18 Å². The number of nitrogens with two attached hydrogens (primary N) is 1. The normalized spacial score (nSPS) is 12.3. The van der Waals surface area contributed by atoms with E-state index < -0.39 is 12.7 Å². The number of hydrogen-bond donors (Lipinski definition) is 3. The molecule has 0 saturated heterocycles. The van der Waals surface area contributed by atoms with E-state index in [0.29, 0.717) is 0 Å². The number of alkyl halides is 1. The predicted molar refractivity (Wildman–Crippen MR) is 172 cm³/mol. The van der Waals surface area contributed by atoms with Gasteiger partial charge in [0.05, 0.1) is 6.04 Å². The number of nitrogens with one attached hydrogen (secondary N) is 2. The Balaban J connectivity index is 0.000000288. The summed E-state index contributed by atoms with van der Waals surface area (Å²) in [6, 6.07) is 15.9. The smallest absolute Gasteiger partial charge is 0.126 e. The molecule has 41 heavy (non-hydrogen) atoms. The van der Waals surface area contributed by atoms with E-state index in [4.69, 9.17) is 10.5 Å². The van der Waals surface area contributed by atoms with E-state index in [1.54, 1.807) is 0 Å². The topological polar surface area (TPSA) is 80.0 Å². The molecule has 0 amide bonds. The Labute approximate surface area is 245 Å². The van der Waals surface area contributed by atoms with Gasteiger partial charge in [-0.1, -0.05) is 66.8 Å². The van der Waals surface area contributed by atoms with Crippen LogP contribution in [0.15, 0.2) is 85.2 Å². The number of carbonyl (C=O) groups is 1. The Morgan fingerprint density at radius 3 is 2.46 bits per heavy atom. The number of pyridine rings is 1. The van der Waals surface area contributed by atoms with Crippen LogP contribution in [0.4, 0.5) is 10.2 Å². The fraction of sp³-hybridized carbons (Fsp3) is 0.314. The zero-order chi connectivity index (χ0) is 30.2. The predicted octanol–water partition coefficient (Wildman–Crippen LogP) is 7.34. The van der Waals surface area contributed by atoms with Gasteiger partial charge in [0.2, 0.25) is 0 Å². The van der Waals surface area contributed by atoms with Crippen molar-refractivity contribution in [3.05, 3.63) is 124 Å². The molecule has 4 N–H and O–H groups in total. The SMILES string of the molecule is C=C(CCCNc1cc(C)ccn1)NCC.C=O.Cc1cc(C)c2c(c1)C(c1ccc(C(N)CF)cc1)=CC=CC2. The summed E-state index contributed by atoms with van der Waals surface area (Å²) < 4.78 is 12.7. The molecule has 1 aliphatic carbocycles. The van der Waals surface area contributed by atoms with Crippen LogP contribution in [0.25, 0.3) is 5.57 Å². The van der Waals surface area contributed by atoms with E-state index in [2.05, 4.69) is 86.3 Å². The number of benzene rings is 2. The van der Waals surface area contributed by atoms with Gasteiger partial charge in [-0.3, -0.25) is 0 Å². The Bertz CT molecular complexity index is 1310. The van der Waals surface area contributed by atoms with Gasteiger partial charge in [0.25, 0.3) is 0 Å². The van der Waals surface area contributed by atoms with Gasteiger partial charge in [-0.2, -0.15) is 0 Å². The average Bonchev–Trinajstić information content (AvgIpc) is 3.19. The first kappa shape index (κ1) is 33.2. The highest BCUT2D eigenvalue weighted by molar-refractivity contribution is 5.84. The van der Waals surface area contributed by atoms with Crippen molar-refractivity contribution in [2.75, 3.05) is 25.1 Å². The van der Waals surface area contributed by atoms with Crippen LogP contribution in [-0.2, 0) is 11.2 Å². The minimum absolute atomic E-state index is 0.536. The van der Waals surface area contributed by atoms with Crippen LogP contribution < -0.4 is 16.4 Å². The fourth-order valence-electron chi connectivity index (χ4n) is 4.69. The van der Waals surface area contributed by atoms with Gasteiger partial charge in [-0.25, -0.2) is 9.37 Å². The molecule has 0 bridgehead atoms. The third-order valence-electron chi connectivity index (χ3n) is 6.75. The van der Waals surface area contributed by atoms with Gasteiger partial charge >= 0.3 is 0 Å². The van der Waals surface area contributed by atoms with E-state index in [-0.39, 0.29) is 0 Å². The molecule has 6 heteroatoms. The number of nitrogens with zero attached hydrogens (tertiary/aromatic N) is 1. The van der Waals surface area contributed by atoms with Crippen molar-refractivity contribution in [2.45, 2.75) is 53.0 Å². The molecule has 0 spiro atoms. The zero-order valence-corrected chi connectivity index (χ0v) is 25.0. The molecular formula is C35H45FN4O. The third-order valence-corrected chi connectivity index (χ3v) is 6.75. The Morgan fingerprint density at radius 1 is 1.07 bits per heavy atom. The van der Waals surface area contributed by atoms with Gasteiger partial charge in [0.1, 0.15) is 19.3 Å². The molecule has 0 radical (unpaired) electrons. The summed E-state index contributed by atoms with van der Waals surface area (Å²) in [5.74, 6) is 0.953. The van der Waals surface area contributed by atoms with Crippen LogP contribution in [0.3, 0.4) is 0 Å². The molecular weight excluding hydrogens is 511 g/mol. The quantitative estimate of drug-likeness (QED) is 0.228. The van der Waals surface area contributed by atoms with Crippen LogP contribution in [-0.4, -0.2) is 31.5 Å². The average molecular weight is 557 g/mol. The second-order valence-electron chi connectivity index (χ2n) is 10.1. The van der Waals surface area contributed by atoms with Crippen molar-refractivity contribution in [3.63, 3.8) is 0 Å². The second-order valence-corrected chi connectivity index (χ2v) is 10.1.